The van der Waals surface area contributed by atoms with Crippen LogP contribution >= 0.6 is 0 Å². The number of nitro groups is 1. The molecule has 0 aliphatic carbocycles. The van der Waals surface area contributed by atoms with Crippen LogP contribution in [0.4, 0.5) is 5.69 Å². The van der Waals surface area contributed by atoms with Crippen molar-refractivity contribution in [2.45, 2.75) is 46.3 Å². The molecule has 7 nitrogen and oxygen atoms in total. The zero-order valence-electron chi connectivity index (χ0n) is 12.9. The second-order valence-corrected chi connectivity index (χ2v) is 6.10. The van der Waals surface area contributed by atoms with E-state index in [4.69, 9.17) is 0 Å². The minimum absolute atomic E-state index is 0.0500. The first-order valence-corrected chi connectivity index (χ1v) is 7.47. The van der Waals surface area contributed by atoms with Gasteiger partial charge in [0.25, 0.3) is 0 Å². The first-order valence-electron chi connectivity index (χ1n) is 7.47. The van der Waals surface area contributed by atoms with Gasteiger partial charge in [0.2, 0.25) is 0 Å². The van der Waals surface area contributed by atoms with Crippen LogP contribution in [0.25, 0.3) is 0 Å². The molecule has 1 aliphatic rings. The third-order valence-electron chi connectivity index (χ3n) is 4.25. The van der Waals surface area contributed by atoms with Crippen molar-refractivity contribution in [1.82, 2.24) is 14.7 Å². The normalized spacial score (nSPS) is 18.9. The van der Waals surface area contributed by atoms with Gasteiger partial charge in [-0.1, -0.05) is 6.92 Å². The van der Waals surface area contributed by atoms with Gasteiger partial charge in [0.1, 0.15) is 11.4 Å². The molecule has 0 bridgehead atoms. The van der Waals surface area contributed by atoms with Gasteiger partial charge < -0.3 is 10.0 Å². The van der Waals surface area contributed by atoms with Crippen molar-refractivity contribution in [2.24, 2.45) is 5.92 Å². The lowest BCUT2D eigenvalue weighted by Gasteiger charge is -2.31. The summed E-state index contributed by atoms with van der Waals surface area (Å²) in [5.41, 5.74) is 0.953. The van der Waals surface area contributed by atoms with Crippen LogP contribution in [0, 0.1) is 29.9 Å². The molecule has 1 saturated heterocycles. The summed E-state index contributed by atoms with van der Waals surface area (Å²) in [4.78, 5) is 12.8. The molecule has 2 rings (SSSR count). The number of rotatable bonds is 5. The average Bonchev–Trinajstić information content (AvgIpc) is 2.67. The Hall–Kier alpha value is -1.47. The highest BCUT2D eigenvalue weighted by atomic mass is 16.6. The fourth-order valence-corrected chi connectivity index (χ4v) is 2.93. The van der Waals surface area contributed by atoms with Crippen molar-refractivity contribution >= 4 is 5.69 Å². The quantitative estimate of drug-likeness (QED) is 0.657. The van der Waals surface area contributed by atoms with E-state index in [-0.39, 0.29) is 5.69 Å². The summed E-state index contributed by atoms with van der Waals surface area (Å²) in [6.07, 6.45) is 1.77. The van der Waals surface area contributed by atoms with Crippen LogP contribution in [0.5, 0.6) is 0 Å². The highest BCUT2D eigenvalue weighted by molar-refractivity contribution is 5.39. The van der Waals surface area contributed by atoms with E-state index in [2.05, 4.69) is 16.9 Å². The predicted molar refractivity (Wildman–Crippen MR) is 79.2 cm³/mol. The zero-order valence-corrected chi connectivity index (χ0v) is 12.9. The highest BCUT2D eigenvalue weighted by Gasteiger charge is 2.24. The molecule has 1 atom stereocenters. The molecule has 1 aromatic rings. The summed E-state index contributed by atoms with van der Waals surface area (Å²) in [5.74, 6) is 0.761. The number of hydrogen-bond acceptors (Lipinski definition) is 5. The molecular weight excluding hydrogens is 272 g/mol. The summed E-state index contributed by atoms with van der Waals surface area (Å²) in [5, 5.41) is 25.4. The first kappa shape index (κ1) is 15.9. The van der Waals surface area contributed by atoms with Gasteiger partial charge in [-0.15, -0.1) is 0 Å². The lowest BCUT2D eigenvalue weighted by Crippen LogP contribution is -2.39. The second kappa shape index (κ2) is 6.53. The maximum absolute atomic E-state index is 11.0. The van der Waals surface area contributed by atoms with Crippen LogP contribution in [0.1, 0.15) is 31.2 Å². The van der Waals surface area contributed by atoms with Gasteiger partial charge in [-0.3, -0.25) is 14.8 Å². The number of piperidine rings is 1. The Morgan fingerprint density at radius 3 is 2.52 bits per heavy atom. The molecule has 1 N–H and O–H groups in total. The lowest BCUT2D eigenvalue weighted by atomic mass is 9.99. The Balaban J connectivity index is 1.95. The number of nitrogens with zero attached hydrogens (tertiary/aromatic N) is 4. The number of aliphatic hydroxyl groups excluding tert-OH is 1. The van der Waals surface area contributed by atoms with Gasteiger partial charge in [-0.25, -0.2) is 0 Å². The topological polar surface area (TPSA) is 84.4 Å². The van der Waals surface area contributed by atoms with E-state index in [0.29, 0.717) is 24.5 Å². The SMILES string of the molecule is Cc1nn(CC(O)CN2CCC(C)CC2)c(C)c1[N+](=O)[O-]. The third kappa shape index (κ3) is 3.79. The Bertz CT molecular complexity index is 507. The molecule has 2 heterocycles. The van der Waals surface area contributed by atoms with Crippen molar-refractivity contribution in [2.75, 3.05) is 19.6 Å². The molecule has 1 unspecified atom stereocenters. The minimum Gasteiger partial charge on any atom is -0.390 e. The fraction of sp³-hybridized carbons (Fsp3) is 0.786. The van der Waals surface area contributed by atoms with E-state index in [1.165, 1.54) is 0 Å². The van der Waals surface area contributed by atoms with E-state index in [1.54, 1.807) is 18.5 Å². The zero-order chi connectivity index (χ0) is 15.6. The van der Waals surface area contributed by atoms with E-state index in [1.807, 2.05) is 0 Å². The molecule has 0 radical (unpaired) electrons. The summed E-state index contributed by atoms with van der Waals surface area (Å²) < 4.78 is 1.55. The molecule has 21 heavy (non-hydrogen) atoms. The molecule has 0 saturated carbocycles. The number of aromatic nitrogens is 2. The molecule has 1 aromatic heterocycles. The summed E-state index contributed by atoms with van der Waals surface area (Å²) in [7, 11) is 0. The Kier molecular flexibility index (Phi) is 4.95. The van der Waals surface area contributed by atoms with E-state index in [9.17, 15) is 15.2 Å². The summed E-state index contributed by atoms with van der Waals surface area (Å²) >= 11 is 0. The van der Waals surface area contributed by atoms with E-state index in [0.717, 1.165) is 31.8 Å². The van der Waals surface area contributed by atoms with Gasteiger partial charge in [0, 0.05) is 6.54 Å². The van der Waals surface area contributed by atoms with Crippen LogP contribution in [0.15, 0.2) is 0 Å². The van der Waals surface area contributed by atoms with Crippen molar-refractivity contribution in [3.05, 3.63) is 21.5 Å². The van der Waals surface area contributed by atoms with Gasteiger partial charge in [-0.2, -0.15) is 5.10 Å². The molecule has 7 heteroatoms. The molecule has 0 amide bonds. The maximum Gasteiger partial charge on any atom is 0.312 e. The van der Waals surface area contributed by atoms with Crippen LogP contribution < -0.4 is 0 Å². The van der Waals surface area contributed by atoms with Crippen LogP contribution in [0.2, 0.25) is 0 Å². The summed E-state index contributed by atoms with van der Waals surface area (Å²) in [6.45, 7) is 8.46. The van der Waals surface area contributed by atoms with E-state index >= 15 is 0 Å². The number of aliphatic hydroxyl groups is 1. The van der Waals surface area contributed by atoms with Crippen LogP contribution in [0.3, 0.4) is 0 Å². The lowest BCUT2D eigenvalue weighted by molar-refractivity contribution is -0.386. The van der Waals surface area contributed by atoms with Gasteiger partial charge in [0.05, 0.1) is 17.6 Å². The Labute approximate surface area is 124 Å². The molecule has 1 fully saturated rings. The number of likely N-dealkylation sites (tertiary alicyclic amines) is 1. The smallest absolute Gasteiger partial charge is 0.312 e. The number of β-amino-alcohol motifs (C(OH)–C–C–N with tert-alkyl or cyclic N) is 1. The van der Waals surface area contributed by atoms with Gasteiger partial charge >= 0.3 is 5.69 Å². The van der Waals surface area contributed by atoms with Crippen LogP contribution in [-0.4, -0.2) is 50.4 Å². The van der Waals surface area contributed by atoms with Crippen molar-refractivity contribution in [1.29, 1.82) is 0 Å². The average molecular weight is 296 g/mol. The molecular formula is C14H24N4O3. The monoisotopic (exact) mass is 296 g/mol. The molecule has 0 spiro atoms. The van der Waals surface area contributed by atoms with Gasteiger partial charge in [-0.05, 0) is 45.7 Å². The maximum atomic E-state index is 11.0. The number of aryl methyl sites for hydroxylation is 1. The second-order valence-electron chi connectivity index (χ2n) is 6.10. The molecule has 1 aliphatic heterocycles. The van der Waals surface area contributed by atoms with Crippen molar-refractivity contribution in [3.8, 4) is 0 Å². The first-order chi connectivity index (χ1) is 9.88. The molecule has 0 aromatic carbocycles. The fourth-order valence-electron chi connectivity index (χ4n) is 2.93. The summed E-state index contributed by atoms with van der Waals surface area (Å²) in [6, 6.07) is 0. The minimum atomic E-state index is -0.559. The van der Waals surface area contributed by atoms with Crippen molar-refractivity contribution < 1.29 is 10.0 Å². The molecule has 118 valence electrons. The largest absolute Gasteiger partial charge is 0.390 e. The Morgan fingerprint density at radius 1 is 1.38 bits per heavy atom. The van der Waals surface area contributed by atoms with Gasteiger partial charge in [0.15, 0.2) is 0 Å². The van der Waals surface area contributed by atoms with Crippen molar-refractivity contribution in [3.63, 3.8) is 0 Å². The highest BCUT2D eigenvalue weighted by Crippen LogP contribution is 2.22. The van der Waals surface area contributed by atoms with E-state index < -0.39 is 11.0 Å². The van der Waals surface area contributed by atoms with Crippen LogP contribution in [-0.2, 0) is 6.54 Å². The predicted octanol–water partition coefficient (Wildman–Crippen LogP) is 1.50. The standard InChI is InChI=1S/C14H24N4O3/c1-10-4-6-16(7-5-10)8-13(19)9-17-12(3)14(18(20)21)11(2)15-17/h10,13,19H,4-9H2,1-3H3. The number of hydrogen-bond donors (Lipinski definition) is 1. The Morgan fingerprint density at radius 2 is 2.00 bits per heavy atom. The third-order valence-corrected chi connectivity index (χ3v) is 4.25.